The van der Waals surface area contributed by atoms with Gasteiger partial charge in [-0.2, -0.15) is 21.6 Å². The fourth-order valence-corrected chi connectivity index (χ4v) is 1.74. The van der Waals surface area contributed by atoms with Crippen LogP contribution < -0.4 is 4.18 Å². The van der Waals surface area contributed by atoms with Crippen molar-refractivity contribution in [2.45, 2.75) is 5.51 Å². The first kappa shape index (κ1) is 11.8. The molecule has 0 unspecified atom stereocenters. The van der Waals surface area contributed by atoms with Crippen LogP contribution in [0.4, 0.5) is 13.2 Å². The number of nitrogens with zero attached hydrogens (tertiary/aromatic N) is 1. The largest absolute Gasteiger partial charge is 0.534 e. The highest BCUT2D eigenvalue weighted by molar-refractivity contribution is 7.88. The zero-order valence-corrected chi connectivity index (χ0v) is 8.99. The van der Waals surface area contributed by atoms with E-state index in [1.807, 2.05) is 0 Å². The molecule has 8 heteroatoms. The Labute approximate surface area is 94.4 Å². The summed E-state index contributed by atoms with van der Waals surface area (Å²) in [7, 11) is -5.63. The summed E-state index contributed by atoms with van der Waals surface area (Å²) in [6.07, 6.45) is 2.96. The molecule has 2 aromatic rings. The molecular formula is C9H6F3NO3S. The first-order chi connectivity index (χ1) is 7.81. The average molecular weight is 265 g/mol. The van der Waals surface area contributed by atoms with Crippen LogP contribution in [0.1, 0.15) is 0 Å². The van der Waals surface area contributed by atoms with Crippen LogP contribution in [0.2, 0.25) is 0 Å². The van der Waals surface area contributed by atoms with E-state index >= 15 is 0 Å². The number of pyridine rings is 1. The lowest BCUT2D eigenvalue weighted by Gasteiger charge is -2.08. The summed E-state index contributed by atoms with van der Waals surface area (Å²) in [6, 6.07) is 5.80. The van der Waals surface area contributed by atoms with Gasteiger partial charge in [0.25, 0.3) is 0 Å². The highest BCUT2D eigenvalue weighted by atomic mass is 32.2. The molecule has 0 saturated carbocycles. The van der Waals surface area contributed by atoms with Crippen molar-refractivity contribution in [3.8, 4) is 5.75 Å². The maximum absolute atomic E-state index is 12.1. The van der Waals surface area contributed by atoms with Crippen LogP contribution in [0.5, 0.6) is 5.75 Å². The molecule has 4 nitrogen and oxygen atoms in total. The van der Waals surface area contributed by atoms with Crippen molar-refractivity contribution >= 4 is 15.6 Å². The summed E-state index contributed by atoms with van der Waals surface area (Å²) in [5.74, 6) is -0.358. The maximum Gasteiger partial charge on any atom is 0.534 e. The number of fused-ring (bicyclic) bond motifs is 1. The first-order valence-corrected chi connectivity index (χ1v) is 5.78. The van der Waals surface area contributed by atoms with Crippen molar-refractivity contribution in [3.05, 3.63) is 36.7 Å². The van der Waals surface area contributed by atoms with Crippen LogP contribution >= 0.6 is 0 Å². The molecule has 0 saturated heterocycles. The number of hydrogen-bond acceptors (Lipinski definition) is 3. The maximum atomic E-state index is 12.1. The van der Waals surface area contributed by atoms with E-state index in [-0.39, 0.29) is 11.3 Å². The Morgan fingerprint density at radius 3 is 2.47 bits per heavy atom. The second-order valence-electron chi connectivity index (χ2n) is 3.16. The molecule has 0 aliphatic rings. The van der Waals surface area contributed by atoms with Crippen LogP contribution in [0, 0.1) is 0 Å². The monoisotopic (exact) mass is 265 g/mol. The minimum Gasteiger partial charge on any atom is -0.374 e. The predicted octanol–water partition coefficient (Wildman–Crippen LogP) is 2.17. The molecule has 0 aliphatic heterocycles. The fourth-order valence-electron chi connectivity index (χ4n) is 1.26. The van der Waals surface area contributed by atoms with Gasteiger partial charge in [0.15, 0.2) is 5.75 Å². The quantitative estimate of drug-likeness (QED) is 0.617. The molecular weight excluding hydrogens is 259 g/mol. The van der Waals surface area contributed by atoms with Crippen LogP contribution in [0.15, 0.2) is 36.7 Å². The average Bonchev–Trinajstić information content (AvgIpc) is 2.60. The van der Waals surface area contributed by atoms with E-state index in [4.69, 9.17) is 0 Å². The third-order valence-electron chi connectivity index (χ3n) is 2.01. The third-order valence-corrected chi connectivity index (χ3v) is 2.98. The highest BCUT2D eigenvalue weighted by Crippen LogP contribution is 2.29. The van der Waals surface area contributed by atoms with Crippen molar-refractivity contribution < 1.29 is 25.8 Å². The molecule has 2 heterocycles. The van der Waals surface area contributed by atoms with Gasteiger partial charge >= 0.3 is 15.6 Å². The van der Waals surface area contributed by atoms with Crippen molar-refractivity contribution in [1.29, 1.82) is 0 Å². The van der Waals surface area contributed by atoms with Crippen molar-refractivity contribution in [3.63, 3.8) is 0 Å². The van der Waals surface area contributed by atoms with E-state index in [0.29, 0.717) is 0 Å². The van der Waals surface area contributed by atoms with Gasteiger partial charge in [-0.25, -0.2) is 0 Å². The van der Waals surface area contributed by atoms with Gasteiger partial charge in [-0.05, 0) is 12.1 Å². The topological polar surface area (TPSA) is 47.8 Å². The summed E-state index contributed by atoms with van der Waals surface area (Å²) in [5.41, 5.74) is -5.20. The normalized spacial score (nSPS) is 12.9. The molecule has 0 aliphatic carbocycles. The second kappa shape index (κ2) is 3.66. The predicted molar refractivity (Wildman–Crippen MR) is 53.0 cm³/mol. The summed E-state index contributed by atoms with van der Waals surface area (Å²) in [6.45, 7) is 0. The van der Waals surface area contributed by atoms with E-state index in [1.165, 1.54) is 16.7 Å². The Hall–Kier alpha value is -1.70. The Kier molecular flexibility index (Phi) is 2.53. The smallest absolute Gasteiger partial charge is 0.374 e. The Bertz CT molecular complexity index is 645. The Balaban J connectivity index is 2.44. The second-order valence-corrected chi connectivity index (χ2v) is 4.69. The molecule has 0 amide bonds. The van der Waals surface area contributed by atoms with E-state index in [9.17, 15) is 21.6 Å². The highest BCUT2D eigenvalue weighted by Gasteiger charge is 2.48. The number of halogens is 3. The van der Waals surface area contributed by atoms with Crippen molar-refractivity contribution in [2.75, 3.05) is 0 Å². The van der Waals surface area contributed by atoms with Gasteiger partial charge < -0.3 is 8.58 Å². The van der Waals surface area contributed by atoms with Gasteiger partial charge in [0.1, 0.15) is 0 Å². The first-order valence-electron chi connectivity index (χ1n) is 4.38. The van der Waals surface area contributed by atoms with E-state index in [0.717, 1.165) is 6.07 Å². The molecule has 0 aromatic carbocycles. The molecule has 0 fully saturated rings. The van der Waals surface area contributed by atoms with Crippen molar-refractivity contribution in [1.82, 2.24) is 4.40 Å². The summed E-state index contributed by atoms with van der Waals surface area (Å²) < 4.78 is 63.4. The van der Waals surface area contributed by atoms with Crippen LogP contribution in [0.3, 0.4) is 0 Å². The van der Waals surface area contributed by atoms with Crippen molar-refractivity contribution in [2.24, 2.45) is 0 Å². The minimum absolute atomic E-state index is 0.236. The summed E-state index contributed by atoms with van der Waals surface area (Å²) in [5, 5.41) is 0. The number of alkyl halides is 3. The van der Waals surface area contributed by atoms with Crippen LogP contribution in [0.25, 0.3) is 5.52 Å². The zero-order chi connectivity index (χ0) is 12.7. The molecule has 0 radical (unpaired) electrons. The molecule has 0 bridgehead atoms. The standard InChI is InChI=1S/C9H6F3NO3S/c10-9(11,12)17(14,15)16-8-4-6-13-5-2-1-3-7(8)13/h1-6H. The minimum atomic E-state index is -5.63. The van der Waals surface area contributed by atoms with E-state index < -0.39 is 15.6 Å². The van der Waals surface area contributed by atoms with Gasteiger partial charge in [-0.3, -0.25) is 0 Å². The zero-order valence-electron chi connectivity index (χ0n) is 8.18. The van der Waals surface area contributed by atoms with Gasteiger partial charge in [0.2, 0.25) is 0 Å². The third kappa shape index (κ3) is 2.07. The number of hydrogen-bond donors (Lipinski definition) is 0. The van der Waals surface area contributed by atoms with Crippen LogP contribution in [-0.2, 0) is 10.1 Å². The van der Waals surface area contributed by atoms with Crippen LogP contribution in [-0.4, -0.2) is 18.3 Å². The lowest BCUT2D eigenvalue weighted by molar-refractivity contribution is -0.0499. The molecule has 17 heavy (non-hydrogen) atoms. The Morgan fingerprint density at radius 1 is 1.12 bits per heavy atom. The molecule has 2 aromatic heterocycles. The molecule has 2 rings (SSSR count). The summed E-state index contributed by atoms with van der Waals surface area (Å²) >= 11 is 0. The molecule has 0 N–H and O–H groups in total. The number of aromatic nitrogens is 1. The van der Waals surface area contributed by atoms with Gasteiger partial charge in [0, 0.05) is 18.5 Å². The van der Waals surface area contributed by atoms with E-state index in [2.05, 4.69) is 4.18 Å². The lowest BCUT2D eigenvalue weighted by atomic mass is 10.4. The molecule has 0 spiro atoms. The van der Waals surface area contributed by atoms with Gasteiger partial charge in [-0.1, -0.05) is 6.07 Å². The Morgan fingerprint density at radius 2 is 1.82 bits per heavy atom. The fraction of sp³-hybridized carbons (Fsp3) is 0.111. The SMILES string of the molecule is O=S(=O)(Oc1ccn2ccccc12)C(F)(F)F. The summed E-state index contributed by atoms with van der Waals surface area (Å²) in [4.78, 5) is 0. The molecule has 0 atom stereocenters. The van der Waals surface area contributed by atoms with Gasteiger partial charge in [0.05, 0.1) is 5.52 Å². The lowest BCUT2D eigenvalue weighted by Crippen LogP contribution is -2.27. The van der Waals surface area contributed by atoms with Gasteiger partial charge in [-0.15, -0.1) is 0 Å². The van der Waals surface area contributed by atoms with E-state index in [1.54, 1.807) is 18.3 Å². The number of rotatable bonds is 2. The molecule has 92 valence electrons.